The zero-order chi connectivity index (χ0) is 13.2. The molecule has 0 aliphatic heterocycles. The van der Waals surface area contributed by atoms with Crippen LogP contribution in [0, 0.1) is 5.92 Å². The molecule has 0 saturated heterocycles. The summed E-state index contributed by atoms with van der Waals surface area (Å²) in [7, 11) is 0. The molecule has 0 aliphatic carbocycles. The topological polar surface area (TPSA) is 67.3 Å². The van der Waals surface area contributed by atoms with Crippen molar-refractivity contribution in [3.63, 3.8) is 0 Å². The fourth-order valence-corrected chi connectivity index (χ4v) is 1.07. The lowest BCUT2D eigenvalue weighted by atomic mass is 10.0. The monoisotopic (exact) mass is 247 g/mol. The SMILES string of the molecule is C[C@@H](C(=O)O)C(=O)c1ccc(C(F)(F)F)nc1. The molecule has 0 aromatic carbocycles. The van der Waals surface area contributed by atoms with Crippen LogP contribution in [0.2, 0.25) is 0 Å². The van der Waals surface area contributed by atoms with Gasteiger partial charge in [0.2, 0.25) is 0 Å². The minimum absolute atomic E-state index is 0.159. The average molecular weight is 247 g/mol. The van der Waals surface area contributed by atoms with Gasteiger partial charge in [-0.2, -0.15) is 13.2 Å². The number of hydrogen-bond acceptors (Lipinski definition) is 3. The molecule has 0 aliphatic rings. The Morgan fingerprint density at radius 2 is 1.94 bits per heavy atom. The van der Waals surface area contributed by atoms with Crippen LogP contribution in [-0.2, 0) is 11.0 Å². The summed E-state index contributed by atoms with van der Waals surface area (Å²) in [5.41, 5.74) is -1.29. The molecule has 1 aromatic rings. The third-order valence-corrected chi connectivity index (χ3v) is 2.10. The van der Waals surface area contributed by atoms with E-state index < -0.39 is 29.5 Å². The number of carbonyl (C=O) groups excluding carboxylic acids is 1. The summed E-state index contributed by atoms with van der Waals surface area (Å²) in [6, 6.07) is 1.55. The van der Waals surface area contributed by atoms with Crippen molar-refractivity contribution < 1.29 is 27.9 Å². The Morgan fingerprint density at radius 3 is 2.29 bits per heavy atom. The molecule has 0 unspecified atom stereocenters. The van der Waals surface area contributed by atoms with E-state index in [0.29, 0.717) is 6.07 Å². The predicted octanol–water partition coefficient (Wildman–Crippen LogP) is 2.00. The maximum Gasteiger partial charge on any atom is 0.433 e. The van der Waals surface area contributed by atoms with Gasteiger partial charge < -0.3 is 5.11 Å². The predicted molar refractivity (Wildman–Crippen MR) is 50.4 cm³/mol. The van der Waals surface area contributed by atoms with Gasteiger partial charge in [0.1, 0.15) is 11.6 Å². The number of pyridine rings is 1. The van der Waals surface area contributed by atoms with Crippen LogP contribution in [0.15, 0.2) is 18.3 Å². The summed E-state index contributed by atoms with van der Waals surface area (Å²) >= 11 is 0. The number of ketones is 1. The van der Waals surface area contributed by atoms with Crippen LogP contribution in [0.5, 0.6) is 0 Å². The van der Waals surface area contributed by atoms with E-state index in [2.05, 4.69) is 4.98 Å². The van der Waals surface area contributed by atoms with Gasteiger partial charge in [0.15, 0.2) is 5.78 Å². The number of nitrogens with zero attached hydrogens (tertiary/aromatic N) is 1. The van der Waals surface area contributed by atoms with Crippen LogP contribution >= 0.6 is 0 Å². The van der Waals surface area contributed by atoms with Crippen LogP contribution in [0.4, 0.5) is 13.2 Å². The highest BCUT2D eigenvalue weighted by molar-refractivity contribution is 6.07. The molecule has 4 nitrogen and oxygen atoms in total. The Morgan fingerprint density at radius 1 is 1.35 bits per heavy atom. The van der Waals surface area contributed by atoms with Crippen LogP contribution < -0.4 is 0 Å². The summed E-state index contributed by atoms with van der Waals surface area (Å²) in [4.78, 5) is 25.0. The van der Waals surface area contributed by atoms with Gasteiger partial charge >= 0.3 is 12.1 Å². The number of hydrogen-bond donors (Lipinski definition) is 1. The third-order valence-electron chi connectivity index (χ3n) is 2.10. The molecule has 1 atom stereocenters. The van der Waals surface area contributed by atoms with Crippen LogP contribution in [0.3, 0.4) is 0 Å². The van der Waals surface area contributed by atoms with Crippen LogP contribution in [0.25, 0.3) is 0 Å². The second kappa shape index (κ2) is 4.52. The highest BCUT2D eigenvalue weighted by atomic mass is 19.4. The first-order chi connectivity index (χ1) is 7.73. The number of rotatable bonds is 3. The van der Waals surface area contributed by atoms with E-state index in [1.165, 1.54) is 0 Å². The summed E-state index contributed by atoms with van der Waals surface area (Å²) in [5, 5.41) is 8.58. The molecule has 17 heavy (non-hydrogen) atoms. The number of aromatic nitrogens is 1. The highest BCUT2D eigenvalue weighted by Gasteiger charge is 2.32. The van der Waals surface area contributed by atoms with Crippen molar-refractivity contribution in [2.45, 2.75) is 13.1 Å². The molecule has 0 amide bonds. The fraction of sp³-hybridized carbons (Fsp3) is 0.300. The Hall–Kier alpha value is -1.92. The van der Waals surface area contributed by atoms with E-state index in [1.54, 1.807) is 0 Å². The molecule has 0 spiro atoms. The number of carboxylic acids is 1. The second-order valence-corrected chi connectivity index (χ2v) is 3.35. The summed E-state index contributed by atoms with van der Waals surface area (Å²) in [6.45, 7) is 1.16. The van der Waals surface area contributed by atoms with Gasteiger partial charge in [-0.15, -0.1) is 0 Å². The molecule has 1 rings (SSSR count). The average Bonchev–Trinajstić information content (AvgIpc) is 2.26. The van der Waals surface area contributed by atoms with E-state index >= 15 is 0 Å². The van der Waals surface area contributed by atoms with Gasteiger partial charge in [0.05, 0.1) is 0 Å². The lowest BCUT2D eigenvalue weighted by Crippen LogP contribution is -2.21. The van der Waals surface area contributed by atoms with Crippen molar-refractivity contribution in [2.75, 3.05) is 0 Å². The number of alkyl halides is 3. The van der Waals surface area contributed by atoms with Gasteiger partial charge in [-0.1, -0.05) is 0 Å². The van der Waals surface area contributed by atoms with Gasteiger partial charge in [0.25, 0.3) is 0 Å². The number of halogens is 3. The van der Waals surface area contributed by atoms with E-state index in [9.17, 15) is 22.8 Å². The lowest BCUT2D eigenvalue weighted by Gasteiger charge is -2.07. The molecule has 1 N–H and O–H groups in total. The molecule has 0 fully saturated rings. The Kier molecular flexibility index (Phi) is 3.50. The van der Waals surface area contributed by atoms with Crippen molar-refractivity contribution in [1.82, 2.24) is 4.98 Å². The van der Waals surface area contributed by atoms with Crippen molar-refractivity contribution >= 4 is 11.8 Å². The Balaban J connectivity index is 2.96. The molecule has 0 bridgehead atoms. The van der Waals surface area contributed by atoms with Gasteiger partial charge in [-0.3, -0.25) is 14.6 Å². The van der Waals surface area contributed by atoms with E-state index in [4.69, 9.17) is 5.11 Å². The molecule has 7 heteroatoms. The first-order valence-corrected chi connectivity index (χ1v) is 4.53. The van der Waals surface area contributed by atoms with Crippen LogP contribution in [-0.4, -0.2) is 21.8 Å². The normalized spacial score (nSPS) is 13.2. The second-order valence-electron chi connectivity index (χ2n) is 3.35. The number of aliphatic carboxylic acids is 1. The standard InChI is InChI=1S/C10H8F3NO3/c1-5(9(16)17)8(15)6-2-3-7(14-4-6)10(11,12)13/h2-5H,1H3,(H,16,17)/t5-/m1/s1. The maximum absolute atomic E-state index is 12.2. The van der Waals surface area contributed by atoms with Gasteiger partial charge in [-0.25, -0.2) is 0 Å². The van der Waals surface area contributed by atoms with Gasteiger partial charge in [-0.05, 0) is 19.1 Å². The minimum Gasteiger partial charge on any atom is -0.481 e. The zero-order valence-electron chi connectivity index (χ0n) is 8.65. The first-order valence-electron chi connectivity index (χ1n) is 4.53. The van der Waals surface area contributed by atoms with Crippen molar-refractivity contribution in [2.24, 2.45) is 5.92 Å². The molecule has 0 saturated carbocycles. The summed E-state index contributed by atoms with van der Waals surface area (Å²) in [5.74, 6) is -3.43. The highest BCUT2D eigenvalue weighted by Crippen LogP contribution is 2.27. The van der Waals surface area contributed by atoms with Crippen LogP contribution in [0.1, 0.15) is 23.0 Å². The molecular formula is C10H8F3NO3. The molecule has 1 heterocycles. The largest absolute Gasteiger partial charge is 0.481 e. The molecule has 0 radical (unpaired) electrons. The lowest BCUT2D eigenvalue weighted by molar-refractivity contribution is -0.141. The zero-order valence-corrected chi connectivity index (χ0v) is 8.65. The summed E-state index contributed by atoms with van der Waals surface area (Å²) < 4.78 is 36.5. The number of carbonyl (C=O) groups is 2. The Labute approximate surface area is 94.1 Å². The quantitative estimate of drug-likeness (QED) is 0.655. The van der Waals surface area contributed by atoms with Crippen molar-refractivity contribution in [3.05, 3.63) is 29.6 Å². The van der Waals surface area contributed by atoms with E-state index in [0.717, 1.165) is 19.2 Å². The Bertz CT molecular complexity index is 439. The van der Waals surface area contributed by atoms with Crippen molar-refractivity contribution in [1.29, 1.82) is 0 Å². The first kappa shape index (κ1) is 13.1. The minimum atomic E-state index is -4.58. The van der Waals surface area contributed by atoms with E-state index in [-0.39, 0.29) is 5.56 Å². The van der Waals surface area contributed by atoms with E-state index in [1.807, 2.05) is 0 Å². The number of carboxylic acid groups (broad SMARTS) is 1. The fourth-order valence-electron chi connectivity index (χ4n) is 1.07. The summed E-state index contributed by atoms with van der Waals surface area (Å²) in [6.07, 6.45) is -3.86. The maximum atomic E-state index is 12.2. The molecule has 92 valence electrons. The smallest absolute Gasteiger partial charge is 0.433 e. The molecular weight excluding hydrogens is 239 g/mol. The van der Waals surface area contributed by atoms with Crippen molar-refractivity contribution in [3.8, 4) is 0 Å². The number of Topliss-reactive ketones (excluding diaryl/α,β-unsaturated/α-hetero) is 1. The molecule has 1 aromatic heterocycles. The third kappa shape index (κ3) is 3.02. The van der Waals surface area contributed by atoms with Gasteiger partial charge in [0, 0.05) is 11.8 Å².